The summed E-state index contributed by atoms with van der Waals surface area (Å²) < 4.78 is 4.87. The molecule has 0 aromatic heterocycles. The van der Waals surface area contributed by atoms with E-state index in [2.05, 4.69) is 26.8 Å². The standard InChI is InChI=1S/C18H31ClO2/c1-6-18(5,19)13-9-12-15(3)10-8-11-16(4)14-17(20)21-7-2/h8,11,14-15H,6-7,9-10,12-13H2,1-5H3. The van der Waals surface area contributed by atoms with E-state index in [1.165, 1.54) is 18.9 Å². The SMILES string of the molecule is CCOC(=O)C=C(C)C=CCC(C)CCCC(C)(Cl)CC. The average molecular weight is 315 g/mol. The van der Waals surface area contributed by atoms with E-state index in [1.807, 2.05) is 19.9 Å². The number of carbonyl (C=O) groups is 1. The van der Waals surface area contributed by atoms with Gasteiger partial charge >= 0.3 is 5.97 Å². The zero-order valence-corrected chi connectivity index (χ0v) is 15.0. The van der Waals surface area contributed by atoms with Crippen LogP contribution < -0.4 is 0 Å². The number of hydrogen-bond donors (Lipinski definition) is 0. The molecule has 2 nitrogen and oxygen atoms in total. The van der Waals surface area contributed by atoms with Crippen LogP contribution in [0, 0.1) is 5.92 Å². The molecule has 0 amide bonds. The predicted octanol–water partition coefficient (Wildman–Crippen LogP) is 5.66. The summed E-state index contributed by atoms with van der Waals surface area (Å²) in [6.07, 6.45) is 11.1. The number of halogens is 1. The van der Waals surface area contributed by atoms with Gasteiger partial charge in [0.15, 0.2) is 0 Å². The topological polar surface area (TPSA) is 26.3 Å². The summed E-state index contributed by atoms with van der Waals surface area (Å²) in [6.45, 7) is 10.6. The van der Waals surface area contributed by atoms with Crippen LogP contribution in [-0.4, -0.2) is 17.5 Å². The Bertz CT molecular complexity index is 356. The second-order valence-corrected chi connectivity index (χ2v) is 6.96. The lowest BCUT2D eigenvalue weighted by molar-refractivity contribution is -0.137. The Morgan fingerprint density at radius 3 is 2.62 bits per heavy atom. The van der Waals surface area contributed by atoms with Gasteiger partial charge in [0.25, 0.3) is 0 Å². The van der Waals surface area contributed by atoms with Crippen molar-refractivity contribution in [3.63, 3.8) is 0 Å². The molecular formula is C18H31ClO2. The Morgan fingerprint density at radius 2 is 2.05 bits per heavy atom. The van der Waals surface area contributed by atoms with E-state index in [1.54, 1.807) is 0 Å². The number of allylic oxidation sites excluding steroid dienone is 3. The number of rotatable bonds is 10. The Kier molecular flexibility index (Phi) is 10.5. The van der Waals surface area contributed by atoms with Crippen molar-refractivity contribution in [1.29, 1.82) is 0 Å². The molecule has 0 spiro atoms. The van der Waals surface area contributed by atoms with Gasteiger partial charge in [-0.2, -0.15) is 0 Å². The largest absolute Gasteiger partial charge is 0.463 e. The maximum Gasteiger partial charge on any atom is 0.330 e. The molecule has 0 bridgehead atoms. The fourth-order valence-electron chi connectivity index (χ4n) is 2.02. The van der Waals surface area contributed by atoms with Crippen molar-refractivity contribution < 1.29 is 9.53 Å². The van der Waals surface area contributed by atoms with Gasteiger partial charge in [0, 0.05) is 11.0 Å². The second-order valence-electron chi connectivity index (χ2n) is 6.04. The van der Waals surface area contributed by atoms with E-state index in [-0.39, 0.29) is 10.8 Å². The lowest BCUT2D eigenvalue weighted by Crippen LogP contribution is -2.14. The van der Waals surface area contributed by atoms with Crippen LogP contribution in [0.25, 0.3) is 0 Å². The summed E-state index contributed by atoms with van der Waals surface area (Å²) in [4.78, 5) is 11.2. The Labute approximate surface area is 135 Å². The molecule has 0 N–H and O–H groups in total. The van der Waals surface area contributed by atoms with Crippen LogP contribution in [-0.2, 0) is 9.53 Å². The maximum absolute atomic E-state index is 11.3. The van der Waals surface area contributed by atoms with E-state index in [0.717, 1.165) is 24.8 Å². The molecule has 0 aromatic carbocycles. The van der Waals surface area contributed by atoms with Crippen molar-refractivity contribution in [2.45, 2.75) is 71.6 Å². The van der Waals surface area contributed by atoms with Crippen LogP contribution in [0.5, 0.6) is 0 Å². The first kappa shape index (κ1) is 20.2. The summed E-state index contributed by atoms with van der Waals surface area (Å²) in [6, 6.07) is 0. The Balaban J connectivity index is 3.99. The van der Waals surface area contributed by atoms with Gasteiger partial charge in [0.1, 0.15) is 0 Å². The number of hydrogen-bond acceptors (Lipinski definition) is 2. The van der Waals surface area contributed by atoms with E-state index < -0.39 is 0 Å². The molecule has 0 aromatic rings. The maximum atomic E-state index is 11.3. The van der Waals surface area contributed by atoms with Crippen molar-refractivity contribution in [3.05, 3.63) is 23.8 Å². The highest BCUT2D eigenvalue weighted by Crippen LogP contribution is 2.27. The second kappa shape index (κ2) is 10.9. The van der Waals surface area contributed by atoms with Gasteiger partial charge in [-0.1, -0.05) is 38.8 Å². The molecule has 0 aliphatic rings. The zero-order valence-electron chi connectivity index (χ0n) is 14.2. The highest BCUT2D eigenvalue weighted by atomic mass is 35.5. The third-order valence-corrected chi connectivity index (χ3v) is 4.14. The summed E-state index contributed by atoms with van der Waals surface area (Å²) in [5.74, 6) is 0.370. The third kappa shape index (κ3) is 11.6. The molecule has 0 heterocycles. The Hall–Kier alpha value is -0.760. The van der Waals surface area contributed by atoms with Crippen LogP contribution >= 0.6 is 11.6 Å². The normalized spacial score (nSPS) is 16.8. The van der Waals surface area contributed by atoms with Gasteiger partial charge in [0.05, 0.1) is 6.61 Å². The van der Waals surface area contributed by atoms with Gasteiger partial charge in [-0.05, 0) is 51.5 Å². The molecule has 0 radical (unpaired) electrons. The van der Waals surface area contributed by atoms with Crippen LogP contribution in [0.1, 0.15) is 66.7 Å². The third-order valence-electron chi connectivity index (χ3n) is 3.68. The highest BCUT2D eigenvalue weighted by molar-refractivity contribution is 6.23. The van der Waals surface area contributed by atoms with Gasteiger partial charge in [-0.3, -0.25) is 0 Å². The number of ether oxygens (including phenoxy) is 1. The van der Waals surface area contributed by atoms with E-state index >= 15 is 0 Å². The van der Waals surface area contributed by atoms with Crippen molar-refractivity contribution in [1.82, 2.24) is 0 Å². The molecule has 0 saturated carbocycles. The first-order valence-electron chi connectivity index (χ1n) is 8.01. The first-order chi connectivity index (χ1) is 9.80. The van der Waals surface area contributed by atoms with Crippen molar-refractivity contribution in [2.75, 3.05) is 6.61 Å². The highest BCUT2D eigenvalue weighted by Gasteiger charge is 2.17. The molecule has 122 valence electrons. The average Bonchev–Trinajstić information content (AvgIpc) is 2.38. The molecule has 0 fully saturated rings. The molecule has 0 saturated heterocycles. The fourth-order valence-corrected chi connectivity index (χ4v) is 2.15. The van der Waals surface area contributed by atoms with E-state index in [4.69, 9.17) is 16.3 Å². The quantitative estimate of drug-likeness (QED) is 0.225. The van der Waals surface area contributed by atoms with Gasteiger partial charge in [-0.15, -0.1) is 11.6 Å². The summed E-state index contributed by atoms with van der Waals surface area (Å²) in [5, 5.41) is 0. The summed E-state index contributed by atoms with van der Waals surface area (Å²) >= 11 is 6.36. The van der Waals surface area contributed by atoms with Crippen LogP contribution in [0.3, 0.4) is 0 Å². The molecule has 0 aliphatic heterocycles. The number of carbonyl (C=O) groups excluding carboxylic acids is 1. The van der Waals surface area contributed by atoms with Crippen molar-refractivity contribution >= 4 is 17.6 Å². The molecule has 0 rings (SSSR count). The minimum atomic E-state index is -0.270. The predicted molar refractivity (Wildman–Crippen MR) is 91.7 cm³/mol. The molecule has 2 unspecified atom stereocenters. The van der Waals surface area contributed by atoms with Crippen LogP contribution in [0.4, 0.5) is 0 Å². The van der Waals surface area contributed by atoms with Crippen LogP contribution in [0.15, 0.2) is 23.8 Å². The lowest BCUT2D eigenvalue weighted by atomic mass is 9.94. The van der Waals surface area contributed by atoms with E-state index in [0.29, 0.717) is 12.5 Å². The van der Waals surface area contributed by atoms with Crippen molar-refractivity contribution in [3.8, 4) is 0 Å². The minimum absolute atomic E-state index is 0.0471. The smallest absolute Gasteiger partial charge is 0.330 e. The van der Waals surface area contributed by atoms with Gasteiger partial charge < -0.3 is 4.74 Å². The molecule has 0 aliphatic carbocycles. The first-order valence-corrected chi connectivity index (χ1v) is 8.39. The molecular weight excluding hydrogens is 284 g/mol. The van der Waals surface area contributed by atoms with Gasteiger partial charge in [0.2, 0.25) is 0 Å². The summed E-state index contributed by atoms with van der Waals surface area (Å²) in [7, 11) is 0. The minimum Gasteiger partial charge on any atom is -0.463 e. The molecule has 3 heteroatoms. The lowest BCUT2D eigenvalue weighted by Gasteiger charge is -2.20. The monoisotopic (exact) mass is 314 g/mol. The molecule has 21 heavy (non-hydrogen) atoms. The number of esters is 1. The summed E-state index contributed by atoms with van der Waals surface area (Å²) in [5.41, 5.74) is 0.931. The number of alkyl halides is 1. The van der Waals surface area contributed by atoms with Crippen molar-refractivity contribution in [2.24, 2.45) is 5.92 Å². The van der Waals surface area contributed by atoms with E-state index in [9.17, 15) is 4.79 Å². The fraction of sp³-hybridized carbons (Fsp3) is 0.722. The zero-order chi connectivity index (χ0) is 16.3. The Morgan fingerprint density at radius 1 is 1.38 bits per heavy atom. The van der Waals surface area contributed by atoms with Gasteiger partial charge in [-0.25, -0.2) is 4.79 Å². The molecule has 2 atom stereocenters. The van der Waals surface area contributed by atoms with Crippen LogP contribution in [0.2, 0.25) is 0 Å².